The summed E-state index contributed by atoms with van der Waals surface area (Å²) in [6.45, 7) is 2.76. The molecule has 6 heteroatoms. The Hall–Kier alpha value is -3.02. The number of hydrogen-bond donors (Lipinski definition) is 2. The summed E-state index contributed by atoms with van der Waals surface area (Å²) in [5.74, 6) is 0.954. The number of hydrogen-bond acceptors (Lipinski definition) is 4. The molecule has 2 aromatic rings. The van der Waals surface area contributed by atoms with Gasteiger partial charge in [0, 0.05) is 24.2 Å². The van der Waals surface area contributed by atoms with Crippen LogP contribution in [0.4, 0.5) is 5.69 Å². The molecular weight excluding hydrogens is 320 g/mol. The highest BCUT2D eigenvalue weighted by molar-refractivity contribution is 5.95. The van der Waals surface area contributed by atoms with Crippen molar-refractivity contribution in [1.82, 2.24) is 5.32 Å². The minimum atomic E-state index is -0.243. The van der Waals surface area contributed by atoms with Gasteiger partial charge in [-0.15, -0.1) is 0 Å². The van der Waals surface area contributed by atoms with Crippen LogP contribution in [0.25, 0.3) is 0 Å². The predicted molar refractivity (Wildman–Crippen MR) is 96.2 cm³/mol. The van der Waals surface area contributed by atoms with Gasteiger partial charge in [-0.25, -0.2) is 0 Å². The van der Waals surface area contributed by atoms with E-state index in [1.54, 1.807) is 55.6 Å². The van der Waals surface area contributed by atoms with Crippen LogP contribution in [0, 0.1) is 0 Å². The highest BCUT2D eigenvalue weighted by Crippen LogP contribution is 2.15. The molecule has 0 aliphatic rings. The van der Waals surface area contributed by atoms with E-state index >= 15 is 0 Å². The van der Waals surface area contributed by atoms with Gasteiger partial charge in [-0.05, 0) is 49.4 Å². The van der Waals surface area contributed by atoms with Crippen LogP contribution >= 0.6 is 0 Å². The third-order valence-corrected chi connectivity index (χ3v) is 3.42. The second-order valence-electron chi connectivity index (χ2n) is 5.24. The van der Waals surface area contributed by atoms with Crippen LogP contribution in [0.2, 0.25) is 0 Å². The fourth-order valence-electron chi connectivity index (χ4n) is 2.18. The first-order valence-electron chi connectivity index (χ1n) is 8.07. The molecule has 0 heterocycles. The average molecular weight is 342 g/mol. The van der Waals surface area contributed by atoms with Gasteiger partial charge in [-0.3, -0.25) is 9.59 Å². The summed E-state index contributed by atoms with van der Waals surface area (Å²) < 4.78 is 10.4. The Labute approximate surface area is 147 Å². The molecular formula is C19H22N2O4. The molecule has 0 aliphatic heterocycles. The number of methoxy groups -OCH3 is 1. The highest BCUT2D eigenvalue weighted by atomic mass is 16.5. The van der Waals surface area contributed by atoms with Crippen molar-refractivity contribution in [2.75, 3.05) is 25.6 Å². The van der Waals surface area contributed by atoms with Crippen LogP contribution in [0.5, 0.6) is 11.5 Å². The van der Waals surface area contributed by atoms with Crippen molar-refractivity contribution in [2.24, 2.45) is 0 Å². The van der Waals surface area contributed by atoms with Gasteiger partial charge in [-0.1, -0.05) is 6.07 Å². The molecule has 0 bridgehead atoms. The number of ether oxygens (including phenoxy) is 2. The highest BCUT2D eigenvalue weighted by Gasteiger charge is 2.08. The monoisotopic (exact) mass is 342 g/mol. The van der Waals surface area contributed by atoms with Gasteiger partial charge in [0.25, 0.3) is 5.91 Å². The molecule has 2 aromatic carbocycles. The largest absolute Gasteiger partial charge is 0.497 e. The van der Waals surface area contributed by atoms with Crippen molar-refractivity contribution < 1.29 is 19.1 Å². The topological polar surface area (TPSA) is 76.7 Å². The van der Waals surface area contributed by atoms with E-state index in [9.17, 15) is 9.59 Å². The van der Waals surface area contributed by atoms with E-state index in [-0.39, 0.29) is 24.8 Å². The molecule has 6 nitrogen and oxygen atoms in total. The van der Waals surface area contributed by atoms with Crippen molar-refractivity contribution in [3.8, 4) is 11.5 Å². The van der Waals surface area contributed by atoms with Gasteiger partial charge >= 0.3 is 0 Å². The Kier molecular flexibility index (Phi) is 6.83. The van der Waals surface area contributed by atoms with E-state index in [1.165, 1.54) is 0 Å². The molecule has 0 aromatic heterocycles. The molecule has 0 aliphatic carbocycles. The fraction of sp³-hybridized carbons (Fsp3) is 0.263. The summed E-state index contributed by atoms with van der Waals surface area (Å²) in [5, 5.41) is 5.49. The van der Waals surface area contributed by atoms with Gasteiger partial charge in [-0.2, -0.15) is 0 Å². The number of carbonyl (C=O) groups excluding carboxylic acids is 2. The Balaban J connectivity index is 1.76. The number of anilines is 1. The number of carbonyl (C=O) groups is 2. The van der Waals surface area contributed by atoms with Gasteiger partial charge in [0.2, 0.25) is 5.91 Å². The van der Waals surface area contributed by atoms with Crippen LogP contribution in [0.3, 0.4) is 0 Å². The summed E-state index contributed by atoms with van der Waals surface area (Å²) in [6.07, 6.45) is 0.183. The van der Waals surface area contributed by atoms with Crippen LogP contribution in [-0.2, 0) is 4.79 Å². The Bertz CT molecular complexity index is 714. The smallest absolute Gasteiger partial charge is 0.251 e. The molecule has 0 fully saturated rings. The zero-order valence-corrected chi connectivity index (χ0v) is 14.4. The average Bonchev–Trinajstić information content (AvgIpc) is 2.63. The molecule has 2 rings (SSSR count). The summed E-state index contributed by atoms with van der Waals surface area (Å²) in [4.78, 5) is 24.0. The third-order valence-electron chi connectivity index (χ3n) is 3.42. The van der Waals surface area contributed by atoms with Crippen LogP contribution < -0.4 is 20.1 Å². The van der Waals surface area contributed by atoms with E-state index in [1.807, 2.05) is 6.92 Å². The minimum absolute atomic E-state index is 0.171. The fourth-order valence-corrected chi connectivity index (χ4v) is 2.18. The first kappa shape index (κ1) is 18.3. The molecule has 0 radical (unpaired) electrons. The van der Waals surface area contributed by atoms with Gasteiger partial charge in [0.05, 0.1) is 13.7 Å². The quantitative estimate of drug-likeness (QED) is 0.773. The zero-order valence-electron chi connectivity index (χ0n) is 14.4. The van der Waals surface area contributed by atoms with E-state index < -0.39 is 0 Å². The lowest BCUT2D eigenvalue weighted by Gasteiger charge is -2.08. The normalized spacial score (nSPS) is 10.0. The second-order valence-corrected chi connectivity index (χ2v) is 5.24. The summed E-state index contributed by atoms with van der Waals surface area (Å²) in [6, 6.07) is 14.0. The van der Waals surface area contributed by atoms with Crippen molar-refractivity contribution in [1.29, 1.82) is 0 Å². The molecule has 0 unspecified atom stereocenters. The number of benzene rings is 2. The van der Waals surface area contributed by atoms with Crippen molar-refractivity contribution in [2.45, 2.75) is 13.3 Å². The summed E-state index contributed by atoms with van der Waals surface area (Å²) in [7, 11) is 1.54. The first-order chi connectivity index (χ1) is 12.1. The number of amides is 2. The zero-order chi connectivity index (χ0) is 18.1. The summed E-state index contributed by atoms with van der Waals surface area (Å²) in [5.41, 5.74) is 1.18. The molecule has 0 saturated carbocycles. The Morgan fingerprint density at radius 1 is 1.04 bits per heavy atom. The van der Waals surface area contributed by atoms with Gasteiger partial charge in [0.15, 0.2) is 0 Å². The maximum atomic E-state index is 12.0. The lowest BCUT2D eigenvalue weighted by molar-refractivity contribution is -0.116. The second kappa shape index (κ2) is 9.32. The lowest BCUT2D eigenvalue weighted by Crippen LogP contribution is -2.27. The van der Waals surface area contributed by atoms with Crippen molar-refractivity contribution in [3.05, 3.63) is 54.1 Å². The molecule has 0 spiro atoms. The number of nitrogens with one attached hydrogen (secondary N) is 2. The van der Waals surface area contributed by atoms with Crippen molar-refractivity contribution >= 4 is 17.5 Å². The molecule has 132 valence electrons. The van der Waals surface area contributed by atoms with Gasteiger partial charge in [0.1, 0.15) is 11.5 Å². The molecule has 25 heavy (non-hydrogen) atoms. The van der Waals surface area contributed by atoms with E-state index in [0.717, 1.165) is 5.75 Å². The van der Waals surface area contributed by atoms with E-state index in [4.69, 9.17) is 9.47 Å². The van der Waals surface area contributed by atoms with E-state index in [0.29, 0.717) is 23.6 Å². The first-order valence-corrected chi connectivity index (χ1v) is 8.07. The Morgan fingerprint density at radius 3 is 2.48 bits per heavy atom. The third kappa shape index (κ3) is 5.84. The standard InChI is InChI=1S/C19H22N2O4/c1-3-25-16-9-7-15(8-10-16)21-18(22)11-12-20-19(23)14-5-4-6-17(13-14)24-2/h4-10,13H,3,11-12H2,1-2H3,(H,20,23)(H,21,22). The van der Waals surface area contributed by atoms with Crippen molar-refractivity contribution in [3.63, 3.8) is 0 Å². The maximum absolute atomic E-state index is 12.0. The number of rotatable bonds is 8. The lowest BCUT2D eigenvalue weighted by atomic mass is 10.2. The molecule has 2 amide bonds. The minimum Gasteiger partial charge on any atom is -0.497 e. The molecule has 0 saturated heterocycles. The Morgan fingerprint density at radius 2 is 1.80 bits per heavy atom. The van der Waals surface area contributed by atoms with E-state index in [2.05, 4.69) is 10.6 Å². The predicted octanol–water partition coefficient (Wildman–Crippen LogP) is 2.85. The van der Waals surface area contributed by atoms with Gasteiger partial charge < -0.3 is 20.1 Å². The maximum Gasteiger partial charge on any atom is 0.251 e. The van der Waals surface area contributed by atoms with Crippen LogP contribution in [0.15, 0.2) is 48.5 Å². The molecule has 0 atom stereocenters. The van der Waals surface area contributed by atoms with Crippen LogP contribution in [0.1, 0.15) is 23.7 Å². The van der Waals surface area contributed by atoms with Crippen LogP contribution in [-0.4, -0.2) is 32.1 Å². The molecule has 2 N–H and O–H groups in total. The SMILES string of the molecule is CCOc1ccc(NC(=O)CCNC(=O)c2cccc(OC)c2)cc1. The summed E-state index contributed by atoms with van der Waals surface area (Å²) >= 11 is 0.